The van der Waals surface area contributed by atoms with Gasteiger partial charge in [-0.15, -0.1) is 0 Å². The molecular weight excluding hydrogens is 454 g/mol. The van der Waals surface area contributed by atoms with Gasteiger partial charge in [0.05, 0.1) is 24.3 Å². The van der Waals surface area contributed by atoms with Crippen LogP contribution >= 0.6 is 0 Å². The highest BCUT2D eigenvalue weighted by atomic mass is 19.3. The topological polar surface area (TPSA) is 93.8 Å². The highest BCUT2D eigenvalue weighted by molar-refractivity contribution is 5.96. The predicted octanol–water partition coefficient (Wildman–Crippen LogP) is 3.26. The summed E-state index contributed by atoms with van der Waals surface area (Å²) in [4.78, 5) is 28.5. The Kier molecular flexibility index (Phi) is 6.14. The number of nitrogens with one attached hydrogen (secondary N) is 1. The van der Waals surface area contributed by atoms with E-state index in [0.29, 0.717) is 29.6 Å². The summed E-state index contributed by atoms with van der Waals surface area (Å²) in [7, 11) is 1.85. The van der Waals surface area contributed by atoms with Gasteiger partial charge in [-0.3, -0.25) is 9.48 Å². The number of carbonyl (C=O) groups excluding carboxylic acids is 1. The van der Waals surface area contributed by atoms with E-state index in [4.69, 9.17) is 9.97 Å². The summed E-state index contributed by atoms with van der Waals surface area (Å²) in [6, 6.07) is 7.92. The fraction of sp³-hybridized carbons (Fsp3) is 0.375. The Morgan fingerprint density at radius 1 is 1.23 bits per heavy atom. The average Bonchev–Trinajstić information content (AvgIpc) is 3.56. The molecule has 0 radical (unpaired) electrons. The third-order valence-corrected chi connectivity index (χ3v) is 6.21. The van der Waals surface area contributed by atoms with E-state index in [1.54, 1.807) is 16.9 Å². The van der Waals surface area contributed by atoms with Crippen molar-refractivity contribution in [3.05, 3.63) is 54.1 Å². The number of aryl methyl sites for hydroxylation is 1. The number of imidazole rings is 1. The monoisotopic (exact) mass is 480 g/mol. The van der Waals surface area contributed by atoms with Gasteiger partial charge in [-0.1, -0.05) is 0 Å². The molecular formula is C24H26F2N8O. The van der Waals surface area contributed by atoms with Gasteiger partial charge in [0.2, 0.25) is 0 Å². The molecule has 1 N–H and O–H groups in total. The zero-order chi connectivity index (χ0) is 24.5. The number of amides is 1. The quantitative estimate of drug-likeness (QED) is 0.437. The minimum Gasteiger partial charge on any atom is -0.354 e. The Hall–Kier alpha value is -3.89. The molecule has 0 saturated carbocycles. The van der Waals surface area contributed by atoms with Crippen LogP contribution < -0.4 is 10.2 Å². The Morgan fingerprint density at radius 3 is 2.74 bits per heavy atom. The molecule has 4 aromatic heterocycles. The summed E-state index contributed by atoms with van der Waals surface area (Å²) in [5, 5.41) is 6.68. The van der Waals surface area contributed by atoms with Crippen LogP contribution in [0, 0.1) is 0 Å². The Balaban J connectivity index is 1.52. The van der Waals surface area contributed by atoms with Crippen molar-refractivity contribution in [3.63, 3.8) is 0 Å². The molecule has 0 aliphatic carbocycles. The molecule has 182 valence electrons. The molecule has 9 nitrogen and oxygen atoms in total. The minimum absolute atomic E-state index is 0.170. The summed E-state index contributed by atoms with van der Waals surface area (Å²) in [6.07, 6.45) is 4.72. The lowest BCUT2D eigenvalue weighted by Gasteiger charge is -2.22. The lowest BCUT2D eigenvalue weighted by atomic mass is 10.2. The van der Waals surface area contributed by atoms with Gasteiger partial charge in [-0.25, -0.2) is 23.7 Å². The number of hydrogen-bond donors (Lipinski definition) is 1. The third-order valence-electron chi connectivity index (χ3n) is 6.21. The van der Waals surface area contributed by atoms with Gasteiger partial charge < -0.3 is 14.8 Å². The molecule has 0 aromatic carbocycles. The van der Waals surface area contributed by atoms with E-state index < -0.39 is 18.9 Å². The van der Waals surface area contributed by atoms with Crippen LogP contribution in [0.15, 0.2) is 42.9 Å². The van der Waals surface area contributed by atoms with Crippen LogP contribution in [0.4, 0.5) is 14.6 Å². The van der Waals surface area contributed by atoms with Crippen LogP contribution in [0.1, 0.15) is 35.8 Å². The first kappa shape index (κ1) is 22.9. The van der Waals surface area contributed by atoms with Crippen molar-refractivity contribution >= 4 is 22.9 Å². The molecule has 5 heterocycles. The third kappa shape index (κ3) is 4.71. The Morgan fingerprint density at radius 2 is 2.09 bits per heavy atom. The molecule has 1 atom stereocenters. The Bertz CT molecular complexity index is 1350. The highest BCUT2D eigenvalue weighted by Crippen LogP contribution is 2.28. The molecule has 1 unspecified atom stereocenters. The predicted molar refractivity (Wildman–Crippen MR) is 127 cm³/mol. The molecule has 4 aromatic rings. The van der Waals surface area contributed by atoms with E-state index in [-0.39, 0.29) is 5.56 Å². The first-order chi connectivity index (χ1) is 16.9. The first-order valence-corrected chi connectivity index (χ1v) is 11.5. The number of alkyl halides is 2. The number of rotatable bonds is 7. The lowest BCUT2D eigenvalue weighted by Crippen LogP contribution is -2.28. The number of anilines is 1. The van der Waals surface area contributed by atoms with Gasteiger partial charge in [-0.05, 0) is 44.0 Å². The van der Waals surface area contributed by atoms with Crippen molar-refractivity contribution in [3.8, 4) is 11.4 Å². The summed E-state index contributed by atoms with van der Waals surface area (Å²) >= 11 is 0. The van der Waals surface area contributed by atoms with E-state index in [2.05, 4.69) is 27.2 Å². The first-order valence-electron chi connectivity index (χ1n) is 11.5. The van der Waals surface area contributed by atoms with E-state index >= 15 is 0 Å². The van der Waals surface area contributed by atoms with Crippen molar-refractivity contribution in [2.75, 3.05) is 18.0 Å². The number of aromatic nitrogens is 6. The van der Waals surface area contributed by atoms with Crippen LogP contribution in [-0.2, 0) is 13.6 Å². The molecule has 1 saturated heterocycles. The molecule has 1 fully saturated rings. The lowest BCUT2D eigenvalue weighted by molar-refractivity contribution is 0.0891. The molecule has 0 bridgehead atoms. The molecule has 11 heteroatoms. The molecule has 1 aliphatic rings. The fourth-order valence-electron chi connectivity index (χ4n) is 4.45. The number of nitrogens with zero attached hydrogens (tertiary/aromatic N) is 7. The molecule has 35 heavy (non-hydrogen) atoms. The maximum atomic E-state index is 12.5. The normalized spacial score (nSPS) is 15.9. The number of pyridine rings is 2. The van der Waals surface area contributed by atoms with E-state index in [0.717, 1.165) is 36.5 Å². The van der Waals surface area contributed by atoms with Gasteiger partial charge in [0.25, 0.3) is 12.3 Å². The van der Waals surface area contributed by atoms with Crippen LogP contribution in [0.3, 0.4) is 0 Å². The fourth-order valence-corrected chi connectivity index (χ4v) is 4.45. The Labute approximate surface area is 200 Å². The van der Waals surface area contributed by atoms with Gasteiger partial charge in [0.15, 0.2) is 5.65 Å². The van der Waals surface area contributed by atoms with Gasteiger partial charge in [0.1, 0.15) is 17.2 Å². The zero-order valence-electron chi connectivity index (χ0n) is 19.5. The molecule has 0 spiro atoms. The SMILES string of the molecule is CC1CCCN1c1ccc(-c2nc3cc(C(=O)NCC(F)F)cnc3n2Cc2ccn(C)n2)cn1. The minimum atomic E-state index is -2.63. The largest absolute Gasteiger partial charge is 0.354 e. The van der Waals surface area contributed by atoms with Crippen molar-refractivity contribution in [2.24, 2.45) is 7.05 Å². The van der Waals surface area contributed by atoms with Crippen molar-refractivity contribution in [1.29, 1.82) is 0 Å². The second-order valence-corrected chi connectivity index (χ2v) is 8.76. The second kappa shape index (κ2) is 9.40. The van der Waals surface area contributed by atoms with Crippen LogP contribution in [0.5, 0.6) is 0 Å². The average molecular weight is 481 g/mol. The van der Waals surface area contributed by atoms with E-state index in [9.17, 15) is 13.6 Å². The van der Waals surface area contributed by atoms with Crippen LogP contribution in [0.25, 0.3) is 22.6 Å². The summed E-state index contributed by atoms with van der Waals surface area (Å²) in [5.74, 6) is 0.949. The van der Waals surface area contributed by atoms with Crippen molar-refractivity contribution in [1.82, 2.24) is 34.6 Å². The number of fused-ring (bicyclic) bond motifs is 1. The number of halogens is 2. The smallest absolute Gasteiger partial charge is 0.255 e. The second-order valence-electron chi connectivity index (χ2n) is 8.76. The standard InChI is InChI=1S/C24H26F2N8O/c1-15-4-3-8-33(15)21-6-5-16(11-27-21)22-30-19-10-17(24(35)29-13-20(25)26)12-28-23(19)34(22)14-18-7-9-32(2)31-18/h5-7,9-12,15,20H,3-4,8,13-14H2,1-2H3,(H,29,35). The number of hydrogen-bond acceptors (Lipinski definition) is 6. The molecule has 1 amide bonds. The molecule has 5 rings (SSSR count). The maximum Gasteiger partial charge on any atom is 0.255 e. The summed E-state index contributed by atoms with van der Waals surface area (Å²) in [6.45, 7) is 2.90. The maximum absolute atomic E-state index is 12.5. The van der Waals surface area contributed by atoms with Crippen molar-refractivity contribution < 1.29 is 13.6 Å². The van der Waals surface area contributed by atoms with E-state index in [1.807, 2.05) is 36.0 Å². The van der Waals surface area contributed by atoms with Gasteiger partial charge in [-0.2, -0.15) is 5.10 Å². The van der Waals surface area contributed by atoms with Crippen LogP contribution in [-0.4, -0.2) is 60.8 Å². The summed E-state index contributed by atoms with van der Waals surface area (Å²) < 4.78 is 28.7. The van der Waals surface area contributed by atoms with Gasteiger partial charge >= 0.3 is 0 Å². The highest BCUT2D eigenvalue weighted by Gasteiger charge is 2.22. The number of carbonyl (C=O) groups is 1. The van der Waals surface area contributed by atoms with Crippen LogP contribution in [0.2, 0.25) is 0 Å². The van der Waals surface area contributed by atoms with Crippen molar-refractivity contribution in [2.45, 2.75) is 38.8 Å². The zero-order valence-corrected chi connectivity index (χ0v) is 19.5. The molecule has 1 aliphatic heterocycles. The summed E-state index contributed by atoms with van der Waals surface area (Å²) in [5.41, 5.74) is 2.84. The van der Waals surface area contributed by atoms with E-state index in [1.165, 1.54) is 6.20 Å². The van der Waals surface area contributed by atoms with Gasteiger partial charge in [0, 0.05) is 43.8 Å².